The Labute approximate surface area is 167 Å². The lowest BCUT2D eigenvalue weighted by molar-refractivity contribution is -0.147. The SMILES string of the molecule is N#CCN(C(=O)COC(=O)CCCSc1ccc(Cl)cc1)c1ccccc1. The summed E-state index contributed by atoms with van der Waals surface area (Å²) >= 11 is 7.46. The molecule has 0 aromatic heterocycles. The van der Waals surface area contributed by atoms with Crippen LogP contribution < -0.4 is 4.90 Å². The summed E-state index contributed by atoms with van der Waals surface area (Å²) in [6, 6.07) is 18.3. The Bertz CT molecular complexity index is 791. The highest BCUT2D eigenvalue weighted by molar-refractivity contribution is 7.99. The van der Waals surface area contributed by atoms with E-state index in [-0.39, 0.29) is 19.6 Å². The predicted molar refractivity (Wildman–Crippen MR) is 107 cm³/mol. The predicted octanol–water partition coefficient (Wildman–Crippen LogP) is 4.31. The van der Waals surface area contributed by atoms with E-state index < -0.39 is 11.9 Å². The van der Waals surface area contributed by atoms with E-state index in [9.17, 15) is 9.59 Å². The average molecular weight is 403 g/mol. The van der Waals surface area contributed by atoms with Crippen LogP contribution in [-0.4, -0.2) is 30.8 Å². The first kappa shape index (κ1) is 20.8. The van der Waals surface area contributed by atoms with Crippen molar-refractivity contribution >= 4 is 40.9 Å². The van der Waals surface area contributed by atoms with Crippen LogP contribution in [0.4, 0.5) is 5.69 Å². The van der Waals surface area contributed by atoms with E-state index in [4.69, 9.17) is 21.6 Å². The Hall–Kier alpha value is -2.49. The summed E-state index contributed by atoms with van der Waals surface area (Å²) in [4.78, 5) is 26.5. The molecule has 0 aliphatic rings. The Morgan fingerprint density at radius 2 is 1.81 bits per heavy atom. The number of hydrogen-bond donors (Lipinski definition) is 0. The van der Waals surface area contributed by atoms with Gasteiger partial charge in [-0.1, -0.05) is 29.8 Å². The summed E-state index contributed by atoms with van der Waals surface area (Å²) < 4.78 is 5.05. The lowest BCUT2D eigenvalue weighted by Crippen LogP contribution is -2.35. The summed E-state index contributed by atoms with van der Waals surface area (Å²) in [5.41, 5.74) is 0.597. The highest BCUT2D eigenvalue weighted by Crippen LogP contribution is 2.21. The minimum atomic E-state index is -0.426. The van der Waals surface area contributed by atoms with Gasteiger partial charge in [0, 0.05) is 22.0 Å². The molecule has 0 aliphatic carbocycles. The molecule has 0 radical (unpaired) electrons. The summed E-state index contributed by atoms with van der Waals surface area (Å²) in [6.45, 7) is -0.474. The summed E-state index contributed by atoms with van der Waals surface area (Å²) in [6.07, 6.45) is 0.873. The molecule has 0 heterocycles. The Kier molecular flexibility index (Phi) is 8.69. The van der Waals surface area contributed by atoms with Gasteiger partial charge in [-0.05, 0) is 48.6 Å². The standard InChI is InChI=1S/C20H19ClN2O3S/c21-16-8-10-18(11-9-16)27-14-4-7-20(25)26-15-19(24)23(13-12-22)17-5-2-1-3-6-17/h1-3,5-6,8-11H,4,7,13-15H2. The van der Waals surface area contributed by atoms with Gasteiger partial charge in [0.25, 0.3) is 5.91 Å². The Morgan fingerprint density at radius 1 is 1.11 bits per heavy atom. The second-order valence-corrected chi connectivity index (χ2v) is 7.14. The zero-order chi connectivity index (χ0) is 19.5. The van der Waals surface area contributed by atoms with Gasteiger partial charge in [-0.15, -0.1) is 11.8 Å². The molecular formula is C20H19ClN2O3S. The first-order valence-corrected chi connectivity index (χ1v) is 9.73. The first-order chi connectivity index (χ1) is 13.1. The number of ether oxygens (including phenoxy) is 1. The fraction of sp³-hybridized carbons (Fsp3) is 0.250. The van der Waals surface area contributed by atoms with Gasteiger partial charge in [-0.3, -0.25) is 14.5 Å². The molecule has 0 spiro atoms. The summed E-state index contributed by atoms with van der Waals surface area (Å²) in [5.74, 6) is -0.0911. The fourth-order valence-electron chi connectivity index (χ4n) is 2.23. The molecule has 5 nitrogen and oxygen atoms in total. The van der Waals surface area contributed by atoms with Crippen molar-refractivity contribution < 1.29 is 14.3 Å². The van der Waals surface area contributed by atoms with Gasteiger partial charge in [0.05, 0.1) is 6.07 Å². The first-order valence-electron chi connectivity index (χ1n) is 8.36. The van der Waals surface area contributed by atoms with Gasteiger partial charge in [0.15, 0.2) is 6.61 Å². The number of hydrogen-bond acceptors (Lipinski definition) is 5. The maximum atomic E-state index is 12.3. The van der Waals surface area contributed by atoms with Crippen molar-refractivity contribution in [2.75, 3.05) is 23.8 Å². The normalized spacial score (nSPS) is 10.1. The van der Waals surface area contributed by atoms with Gasteiger partial charge in [0.1, 0.15) is 6.54 Å². The number of para-hydroxylation sites is 1. The van der Waals surface area contributed by atoms with Crippen LogP contribution in [0.25, 0.3) is 0 Å². The lowest BCUT2D eigenvalue weighted by atomic mass is 10.3. The van der Waals surface area contributed by atoms with Crippen molar-refractivity contribution in [1.82, 2.24) is 0 Å². The van der Waals surface area contributed by atoms with Crippen LogP contribution in [0.15, 0.2) is 59.5 Å². The Balaban J connectivity index is 1.71. The van der Waals surface area contributed by atoms with Gasteiger partial charge in [-0.25, -0.2) is 0 Å². The molecule has 0 fully saturated rings. The van der Waals surface area contributed by atoms with Crippen LogP contribution >= 0.6 is 23.4 Å². The van der Waals surface area contributed by atoms with E-state index in [1.165, 1.54) is 4.90 Å². The Morgan fingerprint density at radius 3 is 2.48 bits per heavy atom. The molecule has 7 heteroatoms. The number of thioether (sulfide) groups is 1. The number of halogens is 1. The van der Waals surface area contributed by atoms with Gasteiger partial charge in [0.2, 0.25) is 0 Å². The lowest BCUT2D eigenvalue weighted by Gasteiger charge is -2.19. The number of carbonyl (C=O) groups excluding carboxylic acids is 2. The van der Waals surface area contributed by atoms with Crippen LogP contribution in [0.1, 0.15) is 12.8 Å². The molecule has 0 N–H and O–H groups in total. The van der Waals surface area contributed by atoms with E-state index in [0.717, 1.165) is 10.6 Å². The largest absolute Gasteiger partial charge is 0.456 e. The third-order valence-corrected chi connectivity index (χ3v) is 4.91. The number of anilines is 1. The molecule has 0 atom stereocenters. The van der Waals surface area contributed by atoms with Crippen molar-refractivity contribution in [3.63, 3.8) is 0 Å². The molecule has 0 bridgehead atoms. The zero-order valence-electron chi connectivity index (χ0n) is 14.6. The molecule has 0 saturated carbocycles. The topological polar surface area (TPSA) is 70.4 Å². The second kappa shape index (κ2) is 11.3. The van der Waals surface area contributed by atoms with Crippen LogP contribution in [0.3, 0.4) is 0 Å². The van der Waals surface area contributed by atoms with Gasteiger partial charge < -0.3 is 4.74 Å². The average Bonchev–Trinajstić information content (AvgIpc) is 2.69. The summed E-state index contributed by atoms with van der Waals surface area (Å²) in [7, 11) is 0. The van der Waals surface area contributed by atoms with E-state index in [2.05, 4.69) is 0 Å². The van der Waals surface area contributed by atoms with Crippen molar-refractivity contribution in [2.24, 2.45) is 0 Å². The number of carbonyl (C=O) groups is 2. The third kappa shape index (κ3) is 7.33. The maximum Gasteiger partial charge on any atom is 0.306 e. The molecule has 0 saturated heterocycles. The van der Waals surface area contributed by atoms with E-state index >= 15 is 0 Å². The van der Waals surface area contributed by atoms with Crippen molar-refractivity contribution in [3.8, 4) is 6.07 Å². The van der Waals surface area contributed by atoms with E-state index in [1.54, 1.807) is 36.0 Å². The van der Waals surface area contributed by atoms with E-state index in [1.807, 2.05) is 36.4 Å². The van der Waals surface area contributed by atoms with Gasteiger partial charge >= 0.3 is 5.97 Å². The monoisotopic (exact) mass is 402 g/mol. The van der Waals surface area contributed by atoms with Crippen molar-refractivity contribution in [3.05, 3.63) is 59.6 Å². The highest BCUT2D eigenvalue weighted by atomic mass is 35.5. The van der Waals surface area contributed by atoms with Crippen LogP contribution in [0.2, 0.25) is 5.02 Å². The molecule has 140 valence electrons. The molecule has 27 heavy (non-hydrogen) atoms. The van der Waals surface area contributed by atoms with E-state index in [0.29, 0.717) is 17.1 Å². The fourth-order valence-corrected chi connectivity index (χ4v) is 3.21. The van der Waals surface area contributed by atoms with Crippen LogP contribution in [-0.2, 0) is 14.3 Å². The number of esters is 1. The number of nitriles is 1. The molecule has 2 aromatic rings. The number of amides is 1. The van der Waals surface area contributed by atoms with Crippen LogP contribution in [0.5, 0.6) is 0 Å². The van der Waals surface area contributed by atoms with Crippen LogP contribution in [0, 0.1) is 11.3 Å². The molecule has 2 aromatic carbocycles. The molecule has 1 amide bonds. The smallest absolute Gasteiger partial charge is 0.306 e. The number of benzene rings is 2. The molecule has 0 unspecified atom stereocenters. The van der Waals surface area contributed by atoms with Gasteiger partial charge in [-0.2, -0.15) is 5.26 Å². The number of nitrogens with zero attached hydrogens (tertiary/aromatic N) is 2. The number of rotatable bonds is 9. The third-order valence-electron chi connectivity index (χ3n) is 3.56. The second-order valence-electron chi connectivity index (χ2n) is 5.54. The molecule has 0 aliphatic heterocycles. The molecule has 2 rings (SSSR count). The van der Waals surface area contributed by atoms with Crippen molar-refractivity contribution in [1.29, 1.82) is 5.26 Å². The quantitative estimate of drug-likeness (QED) is 0.270. The maximum absolute atomic E-state index is 12.3. The molecular weight excluding hydrogens is 384 g/mol. The minimum absolute atomic E-state index is 0.0991. The summed E-state index contributed by atoms with van der Waals surface area (Å²) in [5, 5.41) is 9.60. The van der Waals surface area contributed by atoms with Crippen molar-refractivity contribution in [2.45, 2.75) is 17.7 Å². The minimum Gasteiger partial charge on any atom is -0.456 e. The zero-order valence-corrected chi connectivity index (χ0v) is 16.2. The highest BCUT2D eigenvalue weighted by Gasteiger charge is 2.17.